The number of nitrogens with zero attached hydrogens (tertiary/aromatic N) is 2. The van der Waals surface area contributed by atoms with Crippen LogP contribution in [0.5, 0.6) is 11.5 Å². The number of carbonyl (C=O) groups is 2. The maximum Gasteiger partial charge on any atom is 0.269 e. The molecule has 0 aromatic heterocycles. The highest BCUT2D eigenvalue weighted by Crippen LogP contribution is 2.37. The summed E-state index contributed by atoms with van der Waals surface area (Å²) in [6, 6.07) is 7.62. The maximum absolute atomic E-state index is 13.6. The average molecular weight is 581 g/mol. The van der Waals surface area contributed by atoms with Crippen LogP contribution in [0, 0.1) is 13.7 Å². The van der Waals surface area contributed by atoms with Crippen molar-refractivity contribution in [2.24, 2.45) is 0 Å². The molecule has 0 bridgehead atoms. The molecule has 0 aliphatic carbocycles. The topological polar surface area (TPSA) is 111 Å². The van der Waals surface area contributed by atoms with Crippen LogP contribution in [0.3, 0.4) is 0 Å². The van der Waals surface area contributed by atoms with E-state index in [0.29, 0.717) is 20.6 Å². The van der Waals surface area contributed by atoms with Crippen molar-refractivity contribution in [3.63, 3.8) is 0 Å². The molecule has 0 aliphatic heterocycles. The molecule has 0 heterocycles. The molecular weight excluding hydrogens is 553 g/mol. The first-order valence-electron chi connectivity index (χ1n) is 10.3. The van der Waals surface area contributed by atoms with Gasteiger partial charge in [0.05, 0.1) is 19.1 Å². The molecule has 2 aromatic carbocycles. The Morgan fingerprint density at radius 3 is 2.21 bits per heavy atom. The number of amides is 2. The van der Waals surface area contributed by atoms with Crippen molar-refractivity contribution in [2.75, 3.05) is 20.8 Å². The van der Waals surface area contributed by atoms with Gasteiger partial charge in [-0.2, -0.15) is 0 Å². The number of carbonyl (C=O) groups excluding carboxylic acids is 2. The van der Waals surface area contributed by atoms with E-state index in [2.05, 4.69) is 34.5 Å². The number of hydrogen-bond donors (Lipinski definition) is 1. The Balaban J connectivity index is 2.67. The lowest BCUT2D eigenvalue weighted by atomic mass is 10.00. The first-order chi connectivity index (χ1) is 15.9. The SMILES string of the molecule is C=CCN(C(=O)c1ccc([N+](=O)[O-])cc1)C(C(=O)NC(C)(C)C)c1cc(OC)c(OC)cc1I. The van der Waals surface area contributed by atoms with Crippen LogP contribution in [0.15, 0.2) is 49.1 Å². The number of non-ortho nitro benzene ring substituents is 1. The number of hydrogen-bond acceptors (Lipinski definition) is 6. The Morgan fingerprint density at radius 2 is 1.74 bits per heavy atom. The molecule has 1 atom stereocenters. The van der Waals surface area contributed by atoms with Crippen LogP contribution in [-0.2, 0) is 4.79 Å². The second-order valence-corrected chi connectivity index (χ2v) is 9.58. The fourth-order valence-electron chi connectivity index (χ4n) is 3.30. The van der Waals surface area contributed by atoms with E-state index >= 15 is 0 Å². The van der Waals surface area contributed by atoms with Gasteiger partial charge in [-0.3, -0.25) is 19.7 Å². The molecule has 0 spiro atoms. The van der Waals surface area contributed by atoms with Crippen molar-refractivity contribution in [3.8, 4) is 11.5 Å². The van der Waals surface area contributed by atoms with Gasteiger partial charge < -0.3 is 19.7 Å². The summed E-state index contributed by atoms with van der Waals surface area (Å²) in [5.74, 6) is 0.0274. The van der Waals surface area contributed by atoms with Gasteiger partial charge in [0, 0.05) is 38.9 Å². The first-order valence-corrected chi connectivity index (χ1v) is 11.4. The van der Waals surface area contributed by atoms with E-state index in [1.54, 1.807) is 12.1 Å². The predicted molar refractivity (Wildman–Crippen MR) is 137 cm³/mol. The van der Waals surface area contributed by atoms with Gasteiger partial charge in [-0.05, 0) is 67.6 Å². The number of nitrogens with one attached hydrogen (secondary N) is 1. The second kappa shape index (κ2) is 11.3. The molecule has 34 heavy (non-hydrogen) atoms. The number of rotatable bonds is 9. The zero-order valence-corrected chi connectivity index (χ0v) is 21.9. The Labute approximate surface area is 212 Å². The zero-order chi connectivity index (χ0) is 25.6. The van der Waals surface area contributed by atoms with E-state index in [-0.39, 0.29) is 17.8 Å². The molecule has 2 amide bonds. The van der Waals surface area contributed by atoms with Gasteiger partial charge in [0.15, 0.2) is 11.5 Å². The van der Waals surface area contributed by atoms with Gasteiger partial charge in [-0.1, -0.05) is 6.08 Å². The first kappa shape index (κ1) is 27.1. The quantitative estimate of drug-likeness (QED) is 0.202. The van der Waals surface area contributed by atoms with E-state index in [9.17, 15) is 19.7 Å². The lowest BCUT2D eigenvalue weighted by Gasteiger charge is -2.34. The second-order valence-electron chi connectivity index (χ2n) is 8.42. The van der Waals surface area contributed by atoms with Crippen LogP contribution in [-0.4, -0.2) is 47.9 Å². The Kier molecular flexibility index (Phi) is 9.02. The van der Waals surface area contributed by atoms with Crippen LogP contribution in [0.1, 0.15) is 42.7 Å². The largest absolute Gasteiger partial charge is 0.493 e. The van der Waals surface area contributed by atoms with Crippen molar-refractivity contribution in [1.29, 1.82) is 0 Å². The number of nitro benzene ring substituents is 1. The van der Waals surface area contributed by atoms with Gasteiger partial charge in [-0.15, -0.1) is 6.58 Å². The minimum absolute atomic E-state index is 0.0580. The van der Waals surface area contributed by atoms with Crippen LogP contribution < -0.4 is 14.8 Å². The molecule has 10 heteroatoms. The lowest BCUT2D eigenvalue weighted by Crippen LogP contribution is -2.49. The Bertz CT molecular complexity index is 1080. The zero-order valence-electron chi connectivity index (χ0n) is 19.8. The number of benzene rings is 2. The summed E-state index contributed by atoms with van der Waals surface area (Å²) < 4.78 is 11.5. The Hall–Kier alpha value is -3.15. The fraction of sp³-hybridized carbons (Fsp3) is 0.333. The third-order valence-electron chi connectivity index (χ3n) is 4.77. The van der Waals surface area contributed by atoms with Crippen molar-refractivity contribution >= 4 is 40.1 Å². The predicted octanol–water partition coefficient (Wildman–Crippen LogP) is 4.50. The van der Waals surface area contributed by atoms with Gasteiger partial charge in [0.2, 0.25) is 5.91 Å². The highest BCUT2D eigenvalue weighted by atomic mass is 127. The fourth-order valence-corrected chi connectivity index (χ4v) is 4.04. The molecule has 2 rings (SSSR count). The van der Waals surface area contributed by atoms with E-state index in [1.807, 2.05) is 20.8 Å². The van der Waals surface area contributed by atoms with Crippen molar-refractivity contribution in [3.05, 3.63) is 73.9 Å². The Morgan fingerprint density at radius 1 is 1.18 bits per heavy atom. The van der Waals surface area contributed by atoms with Crippen LogP contribution in [0.25, 0.3) is 0 Å². The standard InChI is InChI=1S/C24H28IN3O6/c1-7-12-27(23(30)15-8-10-16(11-9-15)28(31)32)21(22(29)26-24(2,3)4)17-13-19(33-5)20(34-6)14-18(17)25/h7-11,13-14,21H,1,12H2,2-6H3,(H,26,29). The van der Waals surface area contributed by atoms with E-state index in [0.717, 1.165) is 0 Å². The number of halogens is 1. The van der Waals surface area contributed by atoms with E-state index in [1.165, 1.54) is 49.5 Å². The molecule has 182 valence electrons. The minimum atomic E-state index is -1.04. The minimum Gasteiger partial charge on any atom is -0.493 e. The summed E-state index contributed by atoms with van der Waals surface area (Å²) in [5, 5.41) is 14.0. The van der Waals surface area contributed by atoms with Gasteiger partial charge >= 0.3 is 0 Å². The summed E-state index contributed by atoms with van der Waals surface area (Å²) in [4.78, 5) is 39.0. The summed E-state index contributed by atoms with van der Waals surface area (Å²) in [6.07, 6.45) is 1.52. The smallest absolute Gasteiger partial charge is 0.269 e. The summed E-state index contributed by atoms with van der Waals surface area (Å²) in [5.41, 5.74) is 0.0463. The maximum atomic E-state index is 13.6. The van der Waals surface area contributed by atoms with Gasteiger partial charge in [0.25, 0.3) is 11.6 Å². The third kappa shape index (κ3) is 6.46. The van der Waals surface area contributed by atoms with Crippen LogP contribution in [0.2, 0.25) is 0 Å². The van der Waals surface area contributed by atoms with Crippen molar-refractivity contribution in [2.45, 2.75) is 32.4 Å². The third-order valence-corrected chi connectivity index (χ3v) is 5.70. The molecule has 1 N–H and O–H groups in total. The average Bonchev–Trinajstić information content (AvgIpc) is 2.77. The van der Waals surface area contributed by atoms with Crippen LogP contribution >= 0.6 is 22.6 Å². The molecule has 0 saturated heterocycles. The van der Waals surface area contributed by atoms with E-state index < -0.39 is 28.3 Å². The molecule has 0 aliphatic rings. The summed E-state index contributed by atoms with van der Waals surface area (Å²) in [7, 11) is 3.00. The van der Waals surface area contributed by atoms with Crippen molar-refractivity contribution in [1.82, 2.24) is 10.2 Å². The highest BCUT2D eigenvalue weighted by Gasteiger charge is 2.35. The monoisotopic (exact) mass is 581 g/mol. The number of methoxy groups -OCH3 is 2. The molecule has 9 nitrogen and oxygen atoms in total. The molecular formula is C24H28IN3O6. The molecule has 1 unspecified atom stereocenters. The number of ether oxygens (including phenoxy) is 2. The summed E-state index contributed by atoms with van der Waals surface area (Å²) in [6.45, 7) is 9.34. The molecule has 0 radical (unpaired) electrons. The normalized spacial score (nSPS) is 11.8. The van der Waals surface area contributed by atoms with Gasteiger partial charge in [0.1, 0.15) is 6.04 Å². The molecule has 2 aromatic rings. The summed E-state index contributed by atoms with van der Waals surface area (Å²) >= 11 is 2.09. The number of nitro groups is 1. The van der Waals surface area contributed by atoms with Crippen molar-refractivity contribution < 1.29 is 24.0 Å². The molecule has 0 saturated carbocycles. The van der Waals surface area contributed by atoms with Crippen LogP contribution in [0.4, 0.5) is 5.69 Å². The van der Waals surface area contributed by atoms with Gasteiger partial charge in [-0.25, -0.2) is 0 Å². The highest BCUT2D eigenvalue weighted by molar-refractivity contribution is 14.1. The lowest BCUT2D eigenvalue weighted by molar-refractivity contribution is -0.384. The molecule has 0 fully saturated rings. The van der Waals surface area contributed by atoms with E-state index in [4.69, 9.17) is 9.47 Å².